The third kappa shape index (κ3) is 7.50. The highest BCUT2D eigenvalue weighted by atomic mass is 127. The van der Waals surface area contributed by atoms with Gasteiger partial charge in [-0.15, -0.1) is 24.0 Å². The first-order valence-corrected chi connectivity index (χ1v) is 11.4. The van der Waals surface area contributed by atoms with Gasteiger partial charge in [-0.3, -0.25) is 4.79 Å². The summed E-state index contributed by atoms with van der Waals surface area (Å²) in [6.45, 7) is 11.8. The van der Waals surface area contributed by atoms with Crippen molar-refractivity contribution in [1.29, 1.82) is 0 Å². The lowest BCUT2D eigenvalue weighted by atomic mass is 9.93. The smallest absolute Gasteiger partial charge is 0.224 e. The molecule has 0 bridgehead atoms. The Labute approximate surface area is 209 Å². The average molecular weight is 553 g/mol. The van der Waals surface area contributed by atoms with E-state index in [1.54, 1.807) is 0 Å². The molecular formula is C24H37IN6O. The van der Waals surface area contributed by atoms with E-state index in [1.165, 1.54) is 0 Å². The topological polar surface area (TPSA) is 74.6 Å². The highest BCUT2D eigenvalue weighted by Crippen LogP contribution is 2.27. The van der Waals surface area contributed by atoms with Crippen LogP contribution in [0.25, 0.3) is 0 Å². The van der Waals surface area contributed by atoms with Crippen molar-refractivity contribution >= 4 is 41.5 Å². The highest BCUT2D eigenvalue weighted by Gasteiger charge is 2.28. The Kier molecular flexibility index (Phi) is 10.5. The van der Waals surface area contributed by atoms with Crippen LogP contribution in [0.4, 0.5) is 5.69 Å². The maximum Gasteiger partial charge on any atom is 0.224 e. The zero-order valence-corrected chi connectivity index (χ0v) is 22.0. The van der Waals surface area contributed by atoms with E-state index in [4.69, 9.17) is 4.99 Å². The molecule has 0 radical (unpaired) electrons. The fraction of sp³-hybridized carbons (Fsp3) is 0.542. The number of carbonyl (C=O) groups excluding carboxylic acids is 1. The zero-order chi connectivity index (χ0) is 22.2. The van der Waals surface area contributed by atoms with Gasteiger partial charge in [0.1, 0.15) is 0 Å². The zero-order valence-electron chi connectivity index (χ0n) is 19.6. The number of benzene rings is 1. The van der Waals surface area contributed by atoms with E-state index < -0.39 is 0 Å². The molecule has 2 atom stereocenters. The quantitative estimate of drug-likeness (QED) is 0.301. The summed E-state index contributed by atoms with van der Waals surface area (Å²) in [5, 5.41) is 6.45. The molecule has 2 unspecified atom stereocenters. The molecule has 8 heteroatoms. The Balaban J connectivity index is 0.00000363. The van der Waals surface area contributed by atoms with Gasteiger partial charge in [-0.05, 0) is 42.9 Å². The molecule has 1 amide bonds. The minimum absolute atomic E-state index is 0. The van der Waals surface area contributed by atoms with Gasteiger partial charge in [0.2, 0.25) is 5.91 Å². The van der Waals surface area contributed by atoms with Crippen LogP contribution in [-0.2, 0) is 11.3 Å². The number of likely N-dealkylation sites (tertiary alicyclic amines) is 1. The van der Waals surface area contributed by atoms with Gasteiger partial charge in [-0.1, -0.05) is 32.9 Å². The van der Waals surface area contributed by atoms with Crippen LogP contribution in [-0.4, -0.2) is 46.0 Å². The first-order chi connectivity index (χ1) is 15.0. The Morgan fingerprint density at radius 3 is 2.84 bits per heavy atom. The van der Waals surface area contributed by atoms with Crippen LogP contribution in [0.3, 0.4) is 0 Å². The molecule has 176 valence electrons. The van der Waals surface area contributed by atoms with E-state index in [9.17, 15) is 4.79 Å². The van der Waals surface area contributed by atoms with Gasteiger partial charge >= 0.3 is 0 Å². The summed E-state index contributed by atoms with van der Waals surface area (Å²) < 4.78 is 2.21. The van der Waals surface area contributed by atoms with Gasteiger partial charge in [-0.2, -0.15) is 0 Å². The number of guanidine groups is 1. The van der Waals surface area contributed by atoms with Crippen molar-refractivity contribution in [3.8, 4) is 0 Å². The number of hydrogen-bond acceptors (Lipinski definition) is 3. The molecule has 0 saturated carbocycles. The van der Waals surface area contributed by atoms with Crippen LogP contribution in [0.2, 0.25) is 0 Å². The van der Waals surface area contributed by atoms with Crippen LogP contribution in [0, 0.1) is 11.8 Å². The van der Waals surface area contributed by atoms with Crippen molar-refractivity contribution in [3.05, 3.63) is 48.5 Å². The van der Waals surface area contributed by atoms with E-state index >= 15 is 0 Å². The molecule has 1 aliphatic heterocycles. The van der Waals surface area contributed by atoms with Crippen molar-refractivity contribution in [1.82, 2.24) is 19.8 Å². The number of hydrogen-bond donors (Lipinski definition) is 2. The van der Waals surface area contributed by atoms with Gasteiger partial charge < -0.3 is 20.1 Å². The molecule has 1 fully saturated rings. The molecular weight excluding hydrogens is 515 g/mol. The minimum atomic E-state index is 0. The molecule has 2 aromatic rings. The van der Waals surface area contributed by atoms with Gasteiger partial charge in [0.05, 0.1) is 18.9 Å². The first kappa shape index (κ1) is 26.2. The highest BCUT2D eigenvalue weighted by molar-refractivity contribution is 14.0. The summed E-state index contributed by atoms with van der Waals surface area (Å²) in [7, 11) is 0. The molecule has 0 spiro atoms. The van der Waals surface area contributed by atoms with Gasteiger partial charge in [0.15, 0.2) is 5.96 Å². The lowest BCUT2D eigenvalue weighted by molar-refractivity contribution is -0.116. The van der Waals surface area contributed by atoms with E-state index in [-0.39, 0.29) is 29.9 Å². The van der Waals surface area contributed by atoms with Crippen LogP contribution >= 0.6 is 24.0 Å². The summed E-state index contributed by atoms with van der Waals surface area (Å²) >= 11 is 0. The van der Waals surface area contributed by atoms with Crippen LogP contribution in [0.5, 0.6) is 0 Å². The number of rotatable bonds is 7. The fourth-order valence-electron chi connectivity index (χ4n) is 4.02. The van der Waals surface area contributed by atoms with Gasteiger partial charge in [0.25, 0.3) is 0 Å². The molecule has 1 aromatic heterocycles. The number of imidazole rings is 1. The molecule has 2 heterocycles. The molecule has 0 aliphatic carbocycles. The maximum absolute atomic E-state index is 12.1. The number of aromatic nitrogens is 2. The van der Waals surface area contributed by atoms with E-state index in [0.717, 1.165) is 43.3 Å². The standard InChI is InChI=1S/C24H36N6O.HI/c1-5-26-24(29-11-9-19(4)22(16-29)30-12-10-25-17-30)27-15-20-7-6-8-21(14-20)28-23(31)13-18(2)3;/h6-8,10,12,14,17-19,22H,5,9,11,13,15-16H2,1-4H3,(H,26,27)(H,28,31);1H. The first-order valence-electron chi connectivity index (χ1n) is 11.4. The summed E-state index contributed by atoms with van der Waals surface area (Å²) in [5.41, 5.74) is 1.91. The lowest BCUT2D eigenvalue weighted by Gasteiger charge is -2.39. The Morgan fingerprint density at radius 2 is 2.16 bits per heavy atom. The third-order valence-electron chi connectivity index (χ3n) is 5.68. The minimum Gasteiger partial charge on any atom is -0.357 e. The second kappa shape index (κ2) is 12.8. The van der Waals surface area contributed by atoms with Gasteiger partial charge in [-0.25, -0.2) is 9.98 Å². The molecule has 7 nitrogen and oxygen atoms in total. The summed E-state index contributed by atoms with van der Waals surface area (Å²) in [4.78, 5) is 23.6. The summed E-state index contributed by atoms with van der Waals surface area (Å²) in [6.07, 6.45) is 7.45. The normalized spacial score (nSPS) is 18.9. The monoisotopic (exact) mass is 552 g/mol. The number of piperidine rings is 1. The van der Waals surface area contributed by atoms with E-state index in [2.05, 4.69) is 45.0 Å². The summed E-state index contributed by atoms with van der Waals surface area (Å²) in [6, 6.07) is 8.36. The third-order valence-corrected chi connectivity index (χ3v) is 5.68. The number of nitrogens with one attached hydrogen (secondary N) is 2. The predicted octanol–water partition coefficient (Wildman–Crippen LogP) is 4.53. The number of aliphatic imine (C=N–C) groups is 1. The molecule has 1 aliphatic rings. The Bertz CT molecular complexity index is 867. The number of carbonyl (C=O) groups is 1. The number of amides is 1. The van der Waals surface area contributed by atoms with E-state index in [0.29, 0.717) is 30.8 Å². The molecule has 32 heavy (non-hydrogen) atoms. The lowest BCUT2D eigenvalue weighted by Crippen LogP contribution is -2.49. The SMILES string of the molecule is CCNC(=NCc1cccc(NC(=O)CC(C)C)c1)N1CCC(C)C(n2ccnc2)C1.I. The van der Waals surface area contributed by atoms with Crippen molar-refractivity contribution in [2.24, 2.45) is 16.8 Å². The second-order valence-corrected chi connectivity index (χ2v) is 8.81. The van der Waals surface area contributed by atoms with Crippen LogP contribution in [0.15, 0.2) is 48.0 Å². The molecule has 1 aromatic carbocycles. The average Bonchev–Trinajstić information content (AvgIpc) is 3.26. The van der Waals surface area contributed by atoms with Crippen molar-refractivity contribution < 1.29 is 4.79 Å². The van der Waals surface area contributed by atoms with E-state index in [1.807, 2.05) is 50.8 Å². The summed E-state index contributed by atoms with van der Waals surface area (Å²) in [5.74, 6) is 1.93. The van der Waals surface area contributed by atoms with Crippen molar-refractivity contribution in [3.63, 3.8) is 0 Å². The Morgan fingerprint density at radius 1 is 1.34 bits per heavy atom. The molecule has 2 N–H and O–H groups in total. The fourth-order valence-corrected chi connectivity index (χ4v) is 4.02. The number of anilines is 1. The second-order valence-electron chi connectivity index (χ2n) is 8.81. The van der Waals surface area contributed by atoms with Crippen LogP contribution in [0.1, 0.15) is 52.1 Å². The largest absolute Gasteiger partial charge is 0.357 e. The van der Waals surface area contributed by atoms with Crippen molar-refractivity contribution in [2.75, 3.05) is 25.0 Å². The number of nitrogens with zero attached hydrogens (tertiary/aromatic N) is 4. The Hall–Kier alpha value is -2.10. The molecule has 1 saturated heterocycles. The predicted molar refractivity (Wildman–Crippen MR) is 141 cm³/mol. The van der Waals surface area contributed by atoms with Gasteiger partial charge in [0, 0.05) is 44.1 Å². The maximum atomic E-state index is 12.1. The van der Waals surface area contributed by atoms with Crippen LogP contribution < -0.4 is 10.6 Å². The van der Waals surface area contributed by atoms with Crippen molar-refractivity contribution in [2.45, 2.75) is 53.1 Å². The molecule has 3 rings (SSSR count). The number of halogens is 1.